The molecule has 11 heteroatoms. The Balaban J connectivity index is 1.07. The zero-order chi connectivity index (χ0) is 25.8. The Morgan fingerprint density at radius 3 is 2.79 bits per heavy atom. The molecule has 6 heterocycles. The molecule has 3 fully saturated rings. The minimum Gasteiger partial charge on any atom is -0.486 e. The SMILES string of the molecule is COc1ccc2nccc(N3CC[C@H]4CN(C(=O)C5CN(c6ccc7c(c6)OCCO7)C(=O)O5)C[C@H]43)c2n1. The summed E-state index contributed by atoms with van der Waals surface area (Å²) >= 11 is 0. The largest absolute Gasteiger partial charge is 0.486 e. The molecule has 0 N–H and O–H groups in total. The topological polar surface area (TPSA) is 107 Å². The molecule has 0 bridgehead atoms. The van der Waals surface area contributed by atoms with Gasteiger partial charge in [-0.2, -0.15) is 0 Å². The van der Waals surface area contributed by atoms with E-state index < -0.39 is 12.2 Å². The lowest BCUT2D eigenvalue weighted by Gasteiger charge is -2.28. The molecule has 3 atom stereocenters. The summed E-state index contributed by atoms with van der Waals surface area (Å²) in [6, 6.07) is 11.2. The van der Waals surface area contributed by atoms with E-state index in [0.717, 1.165) is 29.7 Å². The molecule has 0 saturated carbocycles. The van der Waals surface area contributed by atoms with E-state index in [4.69, 9.17) is 18.9 Å². The highest BCUT2D eigenvalue weighted by Gasteiger charge is 2.47. The predicted molar refractivity (Wildman–Crippen MR) is 137 cm³/mol. The van der Waals surface area contributed by atoms with E-state index in [0.29, 0.717) is 55.3 Å². The van der Waals surface area contributed by atoms with Crippen molar-refractivity contribution in [2.75, 3.05) is 56.3 Å². The van der Waals surface area contributed by atoms with Crippen LogP contribution < -0.4 is 24.0 Å². The Morgan fingerprint density at radius 2 is 1.92 bits per heavy atom. The number of hydrogen-bond acceptors (Lipinski definition) is 9. The van der Waals surface area contributed by atoms with Crippen molar-refractivity contribution in [3.05, 3.63) is 42.6 Å². The number of carbonyl (C=O) groups is 2. The average molecular weight is 518 g/mol. The number of ether oxygens (including phenoxy) is 4. The maximum Gasteiger partial charge on any atom is 0.415 e. The third kappa shape index (κ3) is 3.72. The van der Waals surface area contributed by atoms with Crippen LogP contribution in [0.3, 0.4) is 0 Å². The van der Waals surface area contributed by atoms with Gasteiger partial charge >= 0.3 is 6.09 Å². The third-order valence-corrected chi connectivity index (χ3v) is 7.84. The standard InChI is InChI=1S/C27H27N5O6/c1-35-24-5-3-18-25(29-24)19(6-8-28-18)31-9-7-16-13-30(14-20(16)31)26(33)23-15-32(27(34)38-23)17-2-4-21-22(12-17)37-11-10-36-21/h2-6,8,12,16,20,23H,7,9-11,13-15H2,1H3/t16-,20+,23?/m0/s1. The number of pyridine rings is 2. The van der Waals surface area contributed by atoms with Gasteiger partial charge in [-0.25, -0.2) is 9.78 Å². The first-order valence-corrected chi connectivity index (χ1v) is 12.8. The lowest BCUT2D eigenvalue weighted by molar-refractivity contribution is -0.137. The van der Waals surface area contributed by atoms with Gasteiger partial charge in [-0.05, 0) is 30.7 Å². The summed E-state index contributed by atoms with van der Waals surface area (Å²) in [5.41, 5.74) is 3.20. The van der Waals surface area contributed by atoms with E-state index >= 15 is 0 Å². The molecular weight excluding hydrogens is 490 g/mol. The average Bonchev–Trinajstić information content (AvgIpc) is 3.66. The molecule has 4 aliphatic heterocycles. The van der Waals surface area contributed by atoms with E-state index in [9.17, 15) is 9.59 Å². The molecule has 11 nitrogen and oxygen atoms in total. The molecule has 196 valence electrons. The van der Waals surface area contributed by atoms with Gasteiger partial charge in [0, 0.05) is 43.9 Å². The van der Waals surface area contributed by atoms with Gasteiger partial charge in [0.2, 0.25) is 5.88 Å². The molecule has 1 aromatic carbocycles. The van der Waals surface area contributed by atoms with Gasteiger partial charge in [0.05, 0.1) is 36.6 Å². The number of benzene rings is 1. The number of fused-ring (bicyclic) bond motifs is 3. The van der Waals surface area contributed by atoms with Crippen LogP contribution in [0.2, 0.25) is 0 Å². The molecule has 3 aromatic rings. The number of aromatic nitrogens is 2. The molecule has 0 radical (unpaired) electrons. The highest BCUT2D eigenvalue weighted by molar-refractivity contribution is 5.96. The maximum atomic E-state index is 13.5. The number of methoxy groups -OCH3 is 1. The van der Waals surface area contributed by atoms with Crippen LogP contribution in [-0.4, -0.2) is 85.5 Å². The second kappa shape index (κ2) is 8.93. The lowest BCUT2D eigenvalue weighted by Crippen LogP contribution is -2.42. The number of anilines is 2. The number of rotatable bonds is 4. The fourth-order valence-corrected chi connectivity index (χ4v) is 5.99. The summed E-state index contributed by atoms with van der Waals surface area (Å²) in [5.74, 6) is 1.94. The number of carbonyl (C=O) groups excluding carboxylic acids is 2. The van der Waals surface area contributed by atoms with Gasteiger partial charge < -0.3 is 28.7 Å². The first kappa shape index (κ1) is 22.9. The number of amides is 2. The van der Waals surface area contributed by atoms with E-state index in [2.05, 4.69) is 14.9 Å². The van der Waals surface area contributed by atoms with Gasteiger partial charge in [0.15, 0.2) is 17.6 Å². The molecule has 38 heavy (non-hydrogen) atoms. The minimum absolute atomic E-state index is 0.156. The zero-order valence-electron chi connectivity index (χ0n) is 20.9. The first-order valence-electron chi connectivity index (χ1n) is 12.8. The quantitative estimate of drug-likeness (QED) is 0.516. The normalized spacial score (nSPS) is 24.1. The Bertz CT molecular complexity index is 1430. The molecule has 3 saturated heterocycles. The number of nitrogens with zero attached hydrogens (tertiary/aromatic N) is 5. The van der Waals surface area contributed by atoms with Crippen molar-refractivity contribution in [1.29, 1.82) is 0 Å². The molecule has 0 aliphatic carbocycles. The van der Waals surface area contributed by atoms with Crippen molar-refractivity contribution < 1.29 is 28.5 Å². The fraction of sp³-hybridized carbons (Fsp3) is 0.407. The van der Waals surface area contributed by atoms with Crippen molar-refractivity contribution >= 4 is 34.4 Å². The summed E-state index contributed by atoms with van der Waals surface area (Å²) in [6.45, 7) is 3.19. The highest BCUT2D eigenvalue weighted by atomic mass is 16.6. The van der Waals surface area contributed by atoms with E-state index in [1.807, 2.05) is 17.0 Å². The summed E-state index contributed by atoms with van der Waals surface area (Å²) in [6.07, 6.45) is 1.37. The Kier molecular flexibility index (Phi) is 5.38. The fourth-order valence-electron chi connectivity index (χ4n) is 5.99. The smallest absolute Gasteiger partial charge is 0.415 e. The van der Waals surface area contributed by atoms with Crippen molar-refractivity contribution in [3.8, 4) is 17.4 Å². The third-order valence-electron chi connectivity index (χ3n) is 7.84. The van der Waals surface area contributed by atoms with Crippen LogP contribution in [0.4, 0.5) is 16.2 Å². The molecular formula is C27H27N5O6. The molecule has 2 aromatic heterocycles. The minimum atomic E-state index is -0.851. The first-order chi connectivity index (χ1) is 18.6. The van der Waals surface area contributed by atoms with Crippen LogP contribution in [0.1, 0.15) is 6.42 Å². The second-order valence-corrected chi connectivity index (χ2v) is 9.92. The van der Waals surface area contributed by atoms with Gasteiger partial charge in [-0.1, -0.05) is 0 Å². The van der Waals surface area contributed by atoms with Gasteiger partial charge in [-0.15, -0.1) is 0 Å². The highest BCUT2D eigenvalue weighted by Crippen LogP contribution is 2.39. The van der Waals surface area contributed by atoms with Crippen LogP contribution in [0, 0.1) is 5.92 Å². The summed E-state index contributed by atoms with van der Waals surface area (Å²) in [5, 5.41) is 0. The van der Waals surface area contributed by atoms with Crippen molar-refractivity contribution in [2.24, 2.45) is 5.92 Å². The van der Waals surface area contributed by atoms with Crippen LogP contribution in [0.25, 0.3) is 11.0 Å². The molecule has 2 amide bonds. The van der Waals surface area contributed by atoms with Gasteiger partial charge in [-0.3, -0.25) is 14.7 Å². The number of likely N-dealkylation sites (tertiary alicyclic amines) is 1. The number of cyclic esters (lactones) is 1. The molecule has 4 aliphatic rings. The maximum absolute atomic E-state index is 13.5. The summed E-state index contributed by atoms with van der Waals surface area (Å²) in [4.78, 5) is 41.0. The number of hydrogen-bond donors (Lipinski definition) is 0. The zero-order valence-corrected chi connectivity index (χ0v) is 20.9. The van der Waals surface area contributed by atoms with Crippen LogP contribution in [0.5, 0.6) is 17.4 Å². The van der Waals surface area contributed by atoms with Crippen molar-refractivity contribution in [1.82, 2.24) is 14.9 Å². The van der Waals surface area contributed by atoms with Crippen molar-refractivity contribution in [3.63, 3.8) is 0 Å². The summed E-state index contributed by atoms with van der Waals surface area (Å²) in [7, 11) is 1.60. The Morgan fingerprint density at radius 1 is 1.05 bits per heavy atom. The van der Waals surface area contributed by atoms with Gasteiger partial charge in [0.1, 0.15) is 18.7 Å². The van der Waals surface area contributed by atoms with Crippen LogP contribution >= 0.6 is 0 Å². The monoisotopic (exact) mass is 517 g/mol. The molecule has 0 spiro atoms. The Hall–Kier alpha value is -4.28. The summed E-state index contributed by atoms with van der Waals surface area (Å²) < 4.78 is 22.1. The van der Waals surface area contributed by atoms with Crippen molar-refractivity contribution in [2.45, 2.75) is 18.6 Å². The van der Waals surface area contributed by atoms with E-state index in [-0.39, 0.29) is 18.5 Å². The lowest BCUT2D eigenvalue weighted by atomic mass is 10.0. The second-order valence-electron chi connectivity index (χ2n) is 9.92. The van der Waals surface area contributed by atoms with Crippen LogP contribution in [0.15, 0.2) is 42.6 Å². The van der Waals surface area contributed by atoms with E-state index in [1.165, 1.54) is 4.90 Å². The van der Waals surface area contributed by atoms with Crippen LogP contribution in [-0.2, 0) is 9.53 Å². The van der Waals surface area contributed by atoms with Gasteiger partial charge in [0.25, 0.3) is 5.91 Å². The van der Waals surface area contributed by atoms with E-state index in [1.54, 1.807) is 37.6 Å². The predicted octanol–water partition coefficient (Wildman–Crippen LogP) is 2.47. The Labute approximate surface area is 218 Å². The molecule has 7 rings (SSSR count). The molecule has 1 unspecified atom stereocenters.